The van der Waals surface area contributed by atoms with Crippen LogP contribution in [-0.4, -0.2) is 22.0 Å². The average molecular weight is 368 g/mol. The molecule has 0 spiro atoms. The third-order valence-corrected chi connectivity index (χ3v) is 5.10. The number of carboxylic acid groups (broad SMARTS) is 1. The zero-order valence-corrected chi connectivity index (χ0v) is 15.1. The number of rotatable bonds is 6. The van der Waals surface area contributed by atoms with Crippen LogP contribution in [0.3, 0.4) is 0 Å². The molecule has 6 heteroatoms. The Kier molecular flexibility index (Phi) is 6.06. The summed E-state index contributed by atoms with van der Waals surface area (Å²) in [6.07, 6.45) is 6.87. The highest BCUT2D eigenvalue weighted by Crippen LogP contribution is 2.26. The molecule has 0 unspecified atom stereocenters. The van der Waals surface area contributed by atoms with E-state index in [1.807, 2.05) is 0 Å². The molecule has 3 rings (SSSR count). The largest absolute Gasteiger partial charge is 0.479 e. The van der Waals surface area contributed by atoms with Crippen molar-refractivity contribution in [2.24, 2.45) is 5.92 Å². The van der Waals surface area contributed by atoms with E-state index in [0.29, 0.717) is 11.5 Å². The molecule has 1 saturated carbocycles. The van der Waals surface area contributed by atoms with E-state index < -0.39 is 23.5 Å². The van der Waals surface area contributed by atoms with Gasteiger partial charge in [0.15, 0.2) is 6.04 Å². The molecule has 1 amide bonds. The van der Waals surface area contributed by atoms with E-state index in [1.54, 1.807) is 36.4 Å². The molecule has 1 aliphatic rings. The van der Waals surface area contributed by atoms with Crippen LogP contribution in [0.4, 0.5) is 0 Å². The van der Waals surface area contributed by atoms with Gasteiger partial charge in [0.2, 0.25) is 0 Å². The molecular weight excluding hydrogens is 344 g/mol. The van der Waals surface area contributed by atoms with Crippen molar-refractivity contribution in [3.63, 3.8) is 0 Å². The lowest BCUT2D eigenvalue weighted by atomic mass is 9.86. The van der Waals surface area contributed by atoms with Crippen LogP contribution in [-0.2, 0) is 11.2 Å². The van der Waals surface area contributed by atoms with Crippen LogP contribution in [0.2, 0.25) is 0 Å². The fraction of sp³-hybridized carbons (Fsp3) is 0.381. The maximum absolute atomic E-state index is 12.5. The molecule has 1 aliphatic carbocycles. The first-order chi connectivity index (χ1) is 13.0. The number of aromatic amines is 1. The molecular formula is C21H24N2O4. The molecule has 6 nitrogen and oxygen atoms in total. The normalized spacial score (nSPS) is 15.9. The Balaban J connectivity index is 1.72. The van der Waals surface area contributed by atoms with Gasteiger partial charge < -0.3 is 15.4 Å². The summed E-state index contributed by atoms with van der Waals surface area (Å²) in [4.78, 5) is 39.1. The van der Waals surface area contributed by atoms with Crippen LogP contribution in [0.25, 0.3) is 0 Å². The van der Waals surface area contributed by atoms with E-state index in [-0.39, 0.29) is 5.56 Å². The molecule has 142 valence electrons. The SMILES string of the molecule is O=C(N[C@@H](C(=O)O)c1ccccc1)c1ccc(CC2CCCCC2)[nH]c1=O. The summed E-state index contributed by atoms with van der Waals surface area (Å²) in [6.45, 7) is 0. The number of H-pyrrole nitrogens is 1. The number of aromatic nitrogens is 1. The van der Waals surface area contributed by atoms with Crippen molar-refractivity contribution >= 4 is 11.9 Å². The number of benzene rings is 1. The van der Waals surface area contributed by atoms with Crippen molar-refractivity contribution in [1.82, 2.24) is 10.3 Å². The highest BCUT2D eigenvalue weighted by molar-refractivity contribution is 5.96. The summed E-state index contributed by atoms with van der Waals surface area (Å²) in [7, 11) is 0. The summed E-state index contributed by atoms with van der Waals surface area (Å²) < 4.78 is 0. The monoisotopic (exact) mass is 368 g/mol. The van der Waals surface area contributed by atoms with Crippen molar-refractivity contribution in [1.29, 1.82) is 0 Å². The van der Waals surface area contributed by atoms with Gasteiger partial charge in [0.05, 0.1) is 0 Å². The predicted octanol–water partition coefficient (Wildman–Crippen LogP) is 3.05. The van der Waals surface area contributed by atoms with Crippen LogP contribution < -0.4 is 10.9 Å². The van der Waals surface area contributed by atoms with Gasteiger partial charge in [-0.2, -0.15) is 0 Å². The second-order valence-corrected chi connectivity index (χ2v) is 7.09. The third-order valence-electron chi connectivity index (χ3n) is 5.10. The molecule has 1 aromatic heterocycles. The number of carbonyl (C=O) groups is 2. The van der Waals surface area contributed by atoms with Gasteiger partial charge in [0.25, 0.3) is 11.5 Å². The minimum absolute atomic E-state index is 0.0791. The van der Waals surface area contributed by atoms with Crippen molar-refractivity contribution in [2.45, 2.75) is 44.6 Å². The summed E-state index contributed by atoms with van der Waals surface area (Å²) >= 11 is 0. The van der Waals surface area contributed by atoms with Gasteiger partial charge in [-0.15, -0.1) is 0 Å². The van der Waals surface area contributed by atoms with Crippen LogP contribution in [0.1, 0.15) is 59.8 Å². The molecule has 1 fully saturated rings. The zero-order chi connectivity index (χ0) is 19.2. The Morgan fingerprint density at radius 1 is 1.07 bits per heavy atom. The quantitative estimate of drug-likeness (QED) is 0.730. The molecule has 27 heavy (non-hydrogen) atoms. The first-order valence-corrected chi connectivity index (χ1v) is 9.35. The highest BCUT2D eigenvalue weighted by Gasteiger charge is 2.24. The number of amides is 1. The molecule has 1 atom stereocenters. The molecule has 0 saturated heterocycles. The summed E-state index contributed by atoms with van der Waals surface area (Å²) in [6, 6.07) is 10.4. The van der Waals surface area contributed by atoms with Crippen LogP contribution in [0.5, 0.6) is 0 Å². The van der Waals surface area contributed by atoms with E-state index in [1.165, 1.54) is 38.2 Å². The van der Waals surface area contributed by atoms with Crippen LogP contribution in [0.15, 0.2) is 47.3 Å². The molecule has 1 aromatic carbocycles. The van der Waals surface area contributed by atoms with Gasteiger partial charge in [-0.05, 0) is 30.0 Å². The third kappa shape index (κ3) is 4.84. The van der Waals surface area contributed by atoms with Gasteiger partial charge in [-0.25, -0.2) is 4.79 Å². The molecule has 1 heterocycles. The molecule has 0 aliphatic heterocycles. The Labute approximate surface area is 157 Å². The second kappa shape index (κ2) is 8.66. The zero-order valence-electron chi connectivity index (χ0n) is 15.1. The summed E-state index contributed by atoms with van der Waals surface area (Å²) in [5, 5.41) is 11.8. The van der Waals surface area contributed by atoms with Crippen LogP contribution in [0, 0.1) is 5.92 Å². The van der Waals surface area contributed by atoms with Gasteiger partial charge in [0, 0.05) is 5.69 Å². The van der Waals surface area contributed by atoms with E-state index in [0.717, 1.165) is 12.1 Å². The Bertz CT molecular complexity index is 854. The first kappa shape index (κ1) is 18.9. The number of pyridine rings is 1. The first-order valence-electron chi connectivity index (χ1n) is 9.35. The van der Waals surface area contributed by atoms with Crippen molar-refractivity contribution in [3.05, 3.63) is 69.6 Å². The lowest BCUT2D eigenvalue weighted by Gasteiger charge is -2.21. The minimum atomic E-state index is -1.21. The number of carboxylic acids is 1. The Morgan fingerprint density at radius 3 is 2.41 bits per heavy atom. The van der Waals surface area contributed by atoms with Crippen LogP contribution >= 0.6 is 0 Å². The standard InChI is InChI=1S/C21H24N2O4/c24-19-17(12-11-16(22-19)13-14-7-3-1-4-8-14)20(25)23-18(21(26)27)15-9-5-2-6-10-15/h2,5-6,9-12,14,18H,1,3-4,7-8,13H2,(H,22,24)(H,23,25)(H,26,27)/t18-/m1/s1. The predicted molar refractivity (Wildman–Crippen MR) is 102 cm³/mol. The Hall–Kier alpha value is -2.89. The Morgan fingerprint density at radius 2 is 1.78 bits per heavy atom. The molecule has 0 bridgehead atoms. The highest BCUT2D eigenvalue weighted by atomic mass is 16.4. The van der Waals surface area contributed by atoms with Gasteiger partial charge in [-0.3, -0.25) is 9.59 Å². The fourth-order valence-electron chi connectivity index (χ4n) is 3.66. The smallest absolute Gasteiger partial charge is 0.330 e. The lowest BCUT2D eigenvalue weighted by Crippen LogP contribution is -2.36. The average Bonchev–Trinajstić information content (AvgIpc) is 2.67. The number of carbonyl (C=O) groups excluding carboxylic acids is 1. The van der Waals surface area contributed by atoms with E-state index >= 15 is 0 Å². The molecule has 0 radical (unpaired) electrons. The maximum atomic E-state index is 12.5. The van der Waals surface area contributed by atoms with E-state index in [4.69, 9.17) is 0 Å². The summed E-state index contributed by atoms with van der Waals surface area (Å²) in [5.41, 5.74) is 0.701. The van der Waals surface area contributed by atoms with Gasteiger partial charge in [0.1, 0.15) is 5.56 Å². The maximum Gasteiger partial charge on any atom is 0.330 e. The molecule has 2 aromatic rings. The van der Waals surface area contributed by atoms with Gasteiger partial charge in [-0.1, -0.05) is 62.4 Å². The van der Waals surface area contributed by atoms with Crippen molar-refractivity contribution < 1.29 is 14.7 Å². The van der Waals surface area contributed by atoms with Gasteiger partial charge >= 0.3 is 5.97 Å². The van der Waals surface area contributed by atoms with E-state index in [9.17, 15) is 19.5 Å². The number of nitrogens with one attached hydrogen (secondary N) is 2. The molecule has 3 N–H and O–H groups in total. The van der Waals surface area contributed by atoms with E-state index in [2.05, 4.69) is 10.3 Å². The number of hydrogen-bond donors (Lipinski definition) is 3. The number of hydrogen-bond acceptors (Lipinski definition) is 3. The van der Waals surface area contributed by atoms with Crippen molar-refractivity contribution in [2.75, 3.05) is 0 Å². The lowest BCUT2D eigenvalue weighted by molar-refractivity contribution is -0.139. The topological polar surface area (TPSA) is 99.3 Å². The minimum Gasteiger partial charge on any atom is -0.479 e. The second-order valence-electron chi connectivity index (χ2n) is 7.09. The summed E-state index contributed by atoms with van der Waals surface area (Å²) in [5.74, 6) is -1.31. The fourth-order valence-corrected chi connectivity index (χ4v) is 3.66. The number of aliphatic carboxylic acids is 1. The van der Waals surface area contributed by atoms with Crippen molar-refractivity contribution in [3.8, 4) is 0 Å².